The van der Waals surface area contributed by atoms with Gasteiger partial charge in [0.15, 0.2) is 0 Å². The van der Waals surface area contributed by atoms with Crippen molar-refractivity contribution in [2.24, 2.45) is 0 Å². The topological polar surface area (TPSA) is 37.4 Å². The number of fused-ring (bicyclic) bond motifs is 1. The molecule has 1 aliphatic rings. The zero-order valence-corrected chi connectivity index (χ0v) is 10.9. The van der Waals surface area contributed by atoms with E-state index in [9.17, 15) is 9.59 Å². The maximum absolute atomic E-state index is 11.9. The van der Waals surface area contributed by atoms with E-state index in [1.54, 1.807) is 24.3 Å². The van der Waals surface area contributed by atoms with Gasteiger partial charge in [0.25, 0.3) is 11.8 Å². The Morgan fingerprint density at radius 2 is 1.42 bits per heavy atom. The highest BCUT2D eigenvalue weighted by Crippen LogP contribution is 2.28. The Labute approximate surface area is 115 Å². The van der Waals surface area contributed by atoms with Gasteiger partial charge in [0.05, 0.1) is 11.1 Å². The number of benzene rings is 2. The smallest absolute Gasteiger partial charge is 0.261 e. The minimum Gasteiger partial charge on any atom is -0.277 e. The van der Waals surface area contributed by atoms with E-state index in [0.717, 1.165) is 16.0 Å². The normalized spacial score (nSPS) is 13.9. The van der Waals surface area contributed by atoms with Crippen molar-refractivity contribution in [3.63, 3.8) is 0 Å². The van der Waals surface area contributed by atoms with E-state index >= 15 is 0 Å². The monoisotopic (exact) mass is 271 g/mol. The first kappa shape index (κ1) is 11.9. The quantitative estimate of drug-likeness (QED) is 0.747. The second kappa shape index (κ2) is 4.21. The number of amides is 2. The summed E-state index contributed by atoms with van der Waals surface area (Å²) in [4.78, 5) is 24.9. The van der Waals surface area contributed by atoms with E-state index in [1.807, 2.05) is 18.2 Å². The van der Waals surface area contributed by atoms with Gasteiger partial charge in [-0.2, -0.15) is 0 Å². The standard InChI is InChI=1S/C15H10ClNO2/c1-17-14(18)12-7-4-10(8-13(12)15(17)19)9-2-5-11(16)6-3-9/h2-8H,1H3. The third-order valence-corrected chi connectivity index (χ3v) is 3.52. The molecule has 3 nitrogen and oxygen atoms in total. The average molecular weight is 272 g/mol. The summed E-state index contributed by atoms with van der Waals surface area (Å²) < 4.78 is 0. The van der Waals surface area contributed by atoms with Crippen molar-refractivity contribution in [2.45, 2.75) is 0 Å². The van der Waals surface area contributed by atoms with Gasteiger partial charge in [-0.15, -0.1) is 0 Å². The largest absolute Gasteiger partial charge is 0.277 e. The lowest BCUT2D eigenvalue weighted by Crippen LogP contribution is -2.24. The minimum atomic E-state index is -0.254. The Hall–Kier alpha value is -2.13. The van der Waals surface area contributed by atoms with Crippen LogP contribution in [0.2, 0.25) is 5.02 Å². The molecule has 2 aromatic rings. The first-order valence-corrected chi connectivity index (χ1v) is 6.18. The zero-order valence-electron chi connectivity index (χ0n) is 10.2. The number of halogens is 1. The van der Waals surface area contributed by atoms with Crippen molar-refractivity contribution in [3.05, 3.63) is 58.6 Å². The highest BCUT2D eigenvalue weighted by Gasteiger charge is 2.32. The molecule has 2 amide bonds. The number of rotatable bonds is 1. The first-order valence-electron chi connectivity index (χ1n) is 5.80. The lowest BCUT2D eigenvalue weighted by atomic mass is 10.0. The van der Waals surface area contributed by atoms with Crippen LogP contribution in [-0.4, -0.2) is 23.8 Å². The summed E-state index contributed by atoms with van der Waals surface area (Å²) in [6, 6.07) is 12.6. The Balaban J connectivity index is 2.11. The fourth-order valence-corrected chi connectivity index (χ4v) is 2.31. The van der Waals surface area contributed by atoms with Gasteiger partial charge in [-0.3, -0.25) is 14.5 Å². The highest BCUT2D eigenvalue weighted by molar-refractivity contribution is 6.30. The van der Waals surface area contributed by atoms with Crippen LogP contribution in [0.4, 0.5) is 0 Å². The highest BCUT2D eigenvalue weighted by atomic mass is 35.5. The van der Waals surface area contributed by atoms with E-state index in [4.69, 9.17) is 11.6 Å². The first-order chi connectivity index (χ1) is 9.08. The van der Waals surface area contributed by atoms with E-state index in [-0.39, 0.29) is 11.8 Å². The molecule has 0 radical (unpaired) electrons. The summed E-state index contributed by atoms with van der Waals surface area (Å²) in [5, 5.41) is 0.663. The molecule has 0 aliphatic carbocycles. The second-order valence-electron chi connectivity index (χ2n) is 4.44. The van der Waals surface area contributed by atoms with Gasteiger partial charge in [0.1, 0.15) is 0 Å². The van der Waals surface area contributed by atoms with Gasteiger partial charge in [-0.1, -0.05) is 29.8 Å². The molecule has 4 heteroatoms. The predicted octanol–water partition coefficient (Wildman–Crippen LogP) is 3.23. The molecule has 0 unspecified atom stereocenters. The molecule has 3 rings (SSSR count). The number of nitrogens with zero attached hydrogens (tertiary/aromatic N) is 1. The van der Waals surface area contributed by atoms with Crippen molar-refractivity contribution >= 4 is 23.4 Å². The van der Waals surface area contributed by atoms with Gasteiger partial charge in [-0.05, 0) is 35.4 Å². The Bertz CT molecular complexity index is 692. The molecule has 1 aliphatic heterocycles. The number of hydrogen-bond donors (Lipinski definition) is 0. The maximum atomic E-state index is 11.9. The molecule has 0 atom stereocenters. The SMILES string of the molecule is CN1C(=O)c2ccc(-c3ccc(Cl)cc3)cc2C1=O. The molecule has 0 spiro atoms. The molecule has 0 aromatic heterocycles. The fourth-order valence-electron chi connectivity index (χ4n) is 2.18. The molecule has 0 saturated heterocycles. The molecule has 0 N–H and O–H groups in total. The van der Waals surface area contributed by atoms with E-state index in [2.05, 4.69) is 0 Å². The molecule has 0 bridgehead atoms. The van der Waals surface area contributed by atoms with Gasteiger partial charge in [0, 0.05) is 12.1 Å². The molecular weight excluding hydrogens is 262 g/mol. The third kappa shape index (κ3) is 1.83. The third-order valence-electron chi connectivity index (χ3n) is 3.27. The average Bonchev–Trinajstić information content (AvgIpc) is 2.64. The van der Waals surface area contributed by atoms with Crippen LogP contribution in [0.25, 0.3) is 11.1 Å². The van der Waals surface area contributed by atoms with Crippen LogP contribution in [0.3, 0.4) is 0 Å². The second-order valence-corrected chi connectivity index (χ2v) is 4.87. The lowest BCUT2D eigenvalue weighted by Gasteiger charge is -2.03. The predicted molar refractivity (Wildman–Crippen MR) is 73.3 cm³/mol. The van der Waals surface area contributed by atoms with Crippen molar-refractivity contribution in [1.82, 2.24) is 4.90 Å². The van der Waals surface area contributed by atoms with Crippen molar-refractivity contribution in [2.75, 3.05) is 7.05 Å². The van der Waals surface area contributed by atoms with Gasteiger partial charge >= 0.3 is 0 Å². The number of hydrogen-bond acceptors (Lipinski definition) is 2. The van der Waals surface area contributed by atoms with E-state index in [0.29, 0.717) is 16.1 Å². The maximum Gasteiger partial charge on any atom is 0.261 e. The fraction of sp³-hybridized carbons (Fsp3) is 0.0667. The summed E-state index contributed by atoms with van der Waals surface area (Å²) >= 11 is 5.85. The van der Waals surface area contributed by atoms with Gasteiger partial charge in [-0.25, -0.2) is 0 Å². The van der Waals surface area contributed by atoms with E-state index < -0.39 is 0 Å². The Kier molecular flexibility index (Phi) is 2.64. The molecule has 0 fully saturated rings. The van der Waals surface area contributed by atoms with Crippen LogP contribution in [0.15, 0.2) is 42.5 Å². The summed E-state index contributed by atoms with van der Waals surface area (Å²) in [5.74, 6) is -0.501. The van der Waals surface area contributed by atoms with Gasteiger partial charge < -0.3 is 0 Å². The van der Waals surface area contributed by atoms with Gasteiger partial charge in [0.2, 0.25) is 0 Å². The summed E-state index contributed by atoms with van der Waals surface area (Å²) in [7, 11) is 1.49. The van der Waals surface area contributed by atoms with E-state index in [1.165, 1.54) is 7.05 Å². The van der Waals surface area contributed by atoms with Crippen molar-refractivity contribution in [3.8, 4) is 11.1 Å². The molecule has 1 heterocycles. The number of imide groups is 1. The van der Waals surface area contributed by atoms with Crippen LogP contribution >= 0.6 is 11.6 Å². The van der Waals surface area contributed by atoms with Crippen molar-refractivity contribution < 1.29 is 9.59 Å². The van der Waals surface area contributed by atoms with Crippen LogP contribution < -0.4 is 0 Å². The summed E-state index contributed by atoms with van der Waals surface area (Å²) in [6.07, 6.45) is 0. The number of carbonyl (C=O) groups is 2. The Morgan fingerprint density at radius 3 is 2.11 bits per heavy atom. The molecule has 94 valence electrons. The van der Waals surface area contributed by atoms with Crippen LogP contribution in [0.5, 0.6) is 0 Å². The van der Waals surface area contributed by atoms with Crippen LogP contribution in [0.1, 0.15) is 20.7 Å². The van der Waals surface area contributed by atoms with Crippen LogP contribution in [0, 0.1) is 0 Å². The molecule has 19 heavy (non-hydrogen) atoms. The minimum absolute atomic E-state index is 0.248. The zero-order chi connectivity index (χ0) is 13.6. The molecular formula is C15H10ClNO2. The molecule has 2 aromatic carbocycles. The molecule has 0 saturated carbocycles. The number of carbonyl (C=O) groups excluding carboxylic acids is 2. The Morgan fingerprint density at radius 1 is 0.842 bits per heavy atom. The summed E-state index contributed by atoms with van der Waals surface area (Å²) in [6.45, 7) is 0. The van der Waals surface area contributed by atoms with Crippen LogP contribution in [-0.2, 0) is 0 Å². The lowest BCUT2D eigenvalue weighted by molar-refractivity contribution is 0.0693. The van der Waals surface area contributed by atoms with Crippen molar-refractivity contribution in [1.29, 1.82) is 0 Å². The summed E-state index contributed by atoms with van der Waals surface area (Å²) in [5.41, 5.74) is 2.78.